The van der Waals surface area contributed by atoms with E-state index in [-0.39, 0.29) is 5.41 Å². The fraction of sp³-hybridized carbons (Fsp3) is 0.259. The maximum atomic E-state index is 13.9. The lowest BCUT2D eigenvalue weighted by Gasteiger charge is -2.19. The molecule has 0 saturated heterocycles. The van der Waals surface area contributed by atoms with Crippen molar-refractivity contribution in [1.29, 1.82) is 0 Å². The van der Waals surface area contributed by atoms with Crippen molar-refractivity contribution in [2.75, 3.05) is 0 Å². The number of benzene rings is 1. The third-order valence-electron chi connectivity index (χ3n) is 7.20. The van der Waals surface area contributed by atoms with Gasteiger partial charge in [-0.15, -0.1) is 9.36 Å². The van der Waals surface area contributed by atoms with Gasteiger partial charge in [0, 0.05) is 29.7 Å². The summed E-state index contributed by atoms with van der Waals surface area (Å²) in [4.78, 5) is 0. The van der Waals surface area contributed by atoms with Gasteiger partial charge in [-0.3, -0.25) is 0 Å². The quantitative estimate of drug-likeness (QED) is 0.293. The molecule has 5 aromatic rings. The summed E-state index contributed by atoms with van der Waals surface area (Å²) < 4.78 is 48.9. The molecule has 0 amide bonds. The zero-order valence-corrected chi connectivity index (χ0v) is 20.2. The van der Waals surface area contributed by atoms with Gasteiger partial charge < -0.3 is 0 Å². The third-order valence-corrected chi connectivity index (χ3v) is 7.20. The van der Waals surface area contributed by atoms with E-state index in [0.717, 1.165) is 39.5 Å². The molecule has 2 aliphatic rings. The smallest absolute Gasteiger partial charge is 0.164 e. The fourth-order valence-corrected chi connectivity index (χ4v) is 5.52. The zero-order valence-electron chi connectivity index (χ0n) is 20.2. The van der Waals surface area contributed by atoms with E-state index in [1.165, 1.54) is 4.68 Å². The van der Waals surface area contributed by atoms with Gasteiger partial charge in [-0.1, -0.05) is 42.0 Å². The number of halogens is 3. The van der Waals surface area contributed by atoms with E-state index in [1.54, 1.807) is 4.68 Å². The topological polar surface area (TPSA) is 43.4 Å². The Balaban J connectivity index is 1.63. The fourth-order valence-electron chi connectivity index (χ4n) is 5.52. The first-order chi connectivity index (χ1) is 17.0. The zero-order chi connectivity index (χ0) is 25.2. The SMILES string of the molecule is Cc1cc2n(n1)C1(n3nc(C(F)(F)F)cc3-c3cc4cc(C(C)(C)C)ccc4c[n+]31)[n+]1ccccc1-2. The minimum Gasteiger partial charge on any atom is -0.164 e. The van der Waals surface area contributed by atoms with Gasteiger partial charge in [0.2, 0.25) is 11.4 Å². The number of pyridine rings is 2. The number of alkyl halides is 3. The minimum atomic E-state index is -4.58. The van der Waals surface area contributed by atoms with Crippen LogP contribution in [-0.4, -0.2) is 19.6 Å². The van der Waals surface area contributed by atoms with E-state index in [9.17, 15) is 13.2 Å². The first kappa shape index (κ1) is 21.3. The first-order valence-corrected chi connectivity index (χ1v) is 11.8. The molecule has 6 nitrogen and oxygen atoms in total. The molecular weight excluding hydrogens is 465 g/mol. The lowest BCUT2D eigenvalue weighted by atomic mass is 9.86. The number of nitrogens with zero attached hydrogens (tertiary/aromatic N) is 6. The number of hydrogen-bond donors (Lipinski definition) is 0. The molecule has 0 fully saturated rings. The van der Waals surface area contributed by atoms with E-state index in [1.807, 2.05) is 58.8 Å². The largest absolute Gasteiger partial charge is 0.583 e. The van der Waals surface area contributed by atoms with Gasteiger partial charge >= 0.3 is 12.1 Å². The van der Waals surface area contributed by atoms with Crippen LogP contribution in [0.4, 0.5) is 13.2 Å². The standard InChI is InChI=1S/C27H23F3N6/c1-16-11-22-20-7-5-6-10-33(20)27(35(22)31-16)34-15-17-8-9-19(25(2,3)4)12-18(17)13-21(34)23-14-24(26(28,29)30)32-36(23)27/h5-15H,1-4H3/q+2. The second kappa shape index (κ2) is 6.40. The molecule has 180 valence electrons. The molecule has 2 aliphatic heterocycles. The van der Waals surface area contributed by atoms with Gasteiger partial charge in [0.05, 0.1) is 5.69 Å². The number of fused-ring (bicyclic) bond motifs is 11. The van der Waals surface area contributed by atoms with Crippen LogP contribution in [0.2, 0.25) is 0 Å². The van der Waals surface area contributed by atoms with Gasteiger partial charge in [0.15, 0.2) is 23.8 Å². The van der Waals surface area contributed by atoms with Gasteiger partial charge in [0.1, 0.15) is 5.69 Å². The summed E-state index contributed by atoms with van der Waals surface area (Å²) in [6, 6.07) is 17.1. The monoisotopic (exact) mass is 488 g/mol. The van der Waals surface area contributed by atoms with Crippen molar-refractivity contribution in [2.45, 2.75) is 45.2 Å². The van der Waals surface area contributed by atoms with Gasteiger partial charge in [-0.05, 0) is 41.5 Å². The van der Waals surface area contributed by atoms with E-state index < -0.39 is 17.8 Å². The van der Waals surface area contributed by atoms with Crippen molar-refractivity contribution in [3.05, 3.63) is 83.9 Å². The van der Waals surface area contributed by atoms with Crippen LogP contribution in [0.25, 0.3) is 33.5 Å². The number of hydrogen-bond acceptors (Lipinski definition) is 2. The molecule has 9 heteroatoms. The van der Waals surface area contributed by atoms with Crippen molar-refractivity contribution in [3.63, 3.8) is 0 Å². The van der Waals surface area contributed by atoms with Gasteiger partial charge in [-0.25, -0.2) is 0 Å². The van der Waals surface area contributed by atoms with Crippen LogP contribution in [-0.2, 0) is 17.5 Å². The number of aromatic nitrogens is 6. The Morgan fingerprint density at radius 2 is 1.56 bits per heavy atom. The summed E-state index contributed by atoms with van der Waals surface area (Å²) in [6.45, 7) is 8.31. The van der Waals surface area contributed by atoms with Crippen LogP contribution in [0, 0.1) is 6.92 Å². The molecule has 1 atom stereocenters. The van der Waals surface area contributed by atoms with E-state index in [0.29, 0.717) is 11.4 Å². The van der Waals surface area contributed by atoms with E-state index in [2.05, 4.69) is 44.1 Å². The molecule has 6 heterocycles. The van der Waals surface area contributed by atoms with Crippen LogP contribution in [0.5, 0.6) is 0 Å². The average molecular weight is 489 g/mol. The summed E-state index contributed by atoms with van der Waals surface area (Å²) in [7, 11) is 0. The summed E-state index contributed by atoms with van der Waals surface area (Å²) in [5.41, 5.74) is 3.62. The highest BCUT2D eigenvalue weighted by Crippen LogP contribution is 2.41. The molecule has 4 aromatic heterocycles. The molecule has 0 saturated carbocycles. The van der Waals surface area contributed by atoms with Crippen molar-refractivity contribution in [3.8, 4) is 22.8 Å². The van der Waals surface area contributed by atoms with E-state index >= 15 is 0 Å². The average Bonchev–Trinajstić information content (AvgIpc) is 3.53. The maximum Gasteiger partial charge on any atom is 0.583 e. The molecule has 1 spiro atoms. The molecule has 0 aliphatic carbocycles. The molecule has 0 radical (unpaired) electrons. The highest BCUT2D eigenvalue weighted by Gasteiger charge is 2.70. The van der Waals surface area contributed by atoms with Crippen LogP contribution >= 0.6 is 0 Å². The Kier molecular flexibility index (Phi) is 3.78. The summed E-state index contributed by atoms with van der Waals surface area (Å²) in [6.07, 6.45) is -0.715. The molecule has 1 aromatic carbocycles. The first-order valence-electron chi connectivity index (χ1n) is 11.8. The van der Waals surface area contributed by atoms with Crippen molar-refractivity contribution >= 4 is 10.8 Å². The van der Waals surface area contributed by atoms with Crippen LogP contribution in [0.3, 0.4) is 0 Å². The summed E-state index contributed by atoms with van der Waals surface area (Å²) in [5.74, 6) is -1.30. The minimum absolute atomic E-state index is 0.0610. The second-order valence-electron chi connectivity index (χ2n) is 10.6. The van der Waals surface area contributed by atoms with Gasteiger partial charge in [-0.2, -0.15) is 23.4 Å². The molecule has 36 heavy (non-hydrogen) atoms. The Morgan fingerprint density at radius 1 is 0.806 bits per heavy atom. The second-order valence-corrected chi connectivity index (χ2v) is 10.6. The highest BCUT2D eigenvalue weighted by molar-refractivity contribution is 5.84. The Bertz CT molecular complexity index is 1740. The molecule has 0 N–H and O–H groups in total. The van der Waals surface area contributed by atoms with Crippen LogP contribution in [0.15, 0.2) is 67.0 Å². The predicted molar refractivity (Wildman–Crippen MR) is 126 cm³/mol. The lowest BCUT2D eigenvalue weighted by Crippen LogP contribution is -2.77. The third kappa shape index (κ3) is 2.52. The number of aryl methyl sites for hydroxylation is 1. The Morgan fingerprint density at radius 3 is 2.31 bits per heavy atom. The number of rotatable bonds is 0. The van der Waals surface area contributed by atoms with Crippen LogP contribution in [0.1, 0.15) is 37.7 Å². The molecule has 7 rings (SSSR count). The normalized spacial score (nSPS) is 18.0. The molecule has 0 bridgehead atoms. The van der Waals surface area contributed by atoms with Gasteiger partial charge in [0.25, 0.3) is 0 Å². The molecule has 1 unspecified atom stereocenters. The Labute approximate surface area is 204 Å². The van der Waals surface area contributed by atoms with Crippen LogP contribution < -0.4 is 9.13 Å². The highest BCUT2D eigenvalue weighted by atomic mass is 19.4. The van der Waals surface area contributed by atoms with Crippen molar-refractivity contribution in [1.82, 2.24) is 19.6 Å². The van der Waals surface area contributed by atoms with E-state index in [4.69, 9.17) is 5.10 Å². The van der Waals surface area contributed by atoms with Crippen molar-refractivity contribution < 1.29 is 22.3 Å². The maximum absolute atomic E-state index is 13.9. The lowest BCUT2D eigenvalue weighted by molar-refractivity contribution is -0.990. The molecular formula is C27H23F3N6+2. The predicted octanol–water partition coefficient (Wildman–Crippen LogP) is 4.61. The Hall–Kier alpha value is -4.01. The summed E-state index contributed by atoms with van der Waals surface area (Å²) >= 11 is 0. The summed E-state index contributed by atoms with van der Waals surface area (Å²) in [5, 5.41) is 10.9. The van der Waals surface area contributed by atoms with Crippen molar-refractivity contribution in [2.24, 2.45) is 0 Å².